The highest BCUT2D eigenvalue weighted by Gasteiger charge is 2.30. The Morgan fingerprint density at radius 3 is 0.947 bits per heavy atom. The highest BCUT2D eigenvalue weighted by molar-refractivity contribution is 7.47. The van der Waals surface area contributed by atoms with Crippen molar-refractivity contribution in [2.24, 2.45) is 17.8 Å². The lowest BCUT2D eigenvalue weighted by atomic mass is 9.99. The molecule has 0 aliphatic rings. The summed E-state index contributed by atoms with van der Waals surface area (Å²) in [6.07, 6.45) is 53.6. The van der Waals surface area contributed by atoms with Gasteiger partial charge < -0.3 is 33.8 Å². The Morgan fingerprint density at radius 1 is 0.351 bits per heavy atom. The third-order valence-electron chi connectivity index (χ3n) is 17.5. The van der Waals surface area contributed by atoms with Crippen LogP contribution < -0.4 is 0 Å². The predicted molar refractivity (Wildman–Crippen MR) is 381 cm³/mol. The first kappa shape index (κ1) is 91.5. The number of carbonyl (C=O) groups is 4. The summed E-state index contributed by atoms with van der Waals surface area (Å²) in [7, 11) is -9.92. The van der Waals surface area contributed by atoms with Gasteiger partial charge in [0, 0.05) is 25.7 Å². The second-order valence-corrected chi connectivity index (χ2v) is 30.2. The Kier molecular flexibility index (Phi) is 63.5. The van der Waals surface area contributed by atoms with Crippen LogP contribution in [0.1, 0.15) is 357 Å². The van der Waals surface area contributed by atoms with Crippen LogP contribution in [0.2, 0.25) is 0 Å². The number of hydrogen-bond donors (Lipinski definition) is 3. The molecule has 0 aromatic carbocycles. The highest BCUT2D eigenvalue weighted by atomic mass is 31.2. The molecule has 0 spiro atoms. The molecule has 4 unspecified atom stereocenters. The van der Waals surface area contributed by atoms with Gasteiger partial charge in [0.2, 0.25) is 0 Å². The monoisotopic (exact) mass is 1380 g/mol. The second kappa shape index (κ2) is 65.2. The molecule has 0 aliphatic heterocycles. The third kappa shape index (κ3) is 65.5. The minimum Gasteiger partial charge on any atom is -0.462 e. The predicted octanol–water partition coefficient (Wildman–Crippen LogP) is 21.3. The lowest BCUT2D eigenvalue weighted by Gasteiger charge is -2.21. The fourth-order valence-corrected chi connectivity index (χ4v) is 12.4. The molecule has 0 bridgehead atoms. The van der Waals surface area contributed by atoms with Crippen molar-refractivity contribution in [1.82, 2.24) is 0 Å². The number of aliphatic hydroxyl groups excluding tert-OH is 1. The topological polar surface area (TPSA) is 237 Å². The second-order valence-electron chi connectivity index (χ2n) is 27.3. The third-order valence-corrected chi connectivity index (χ3v) is 19.4. The largest absolute Gasteiger partial charge is 0.472 e. The molecule has 0 saturated heterocycles. The molecule has 17 nitrogen and oxygen atoms in total. The quantitative estimate of drug-likeness (QED) is 0.0169. The fourth-order valence-electron chi connectivity index (χ4n) is 10.8. The minimum atomic E-state index is -4.96. The summed E-state index contributed by atoms with van der Waals surface area (Å²) in [4.78, 5) is 72.7. The summed E-state index contributed by atoms with van der Waals surface area (Å²) in [6, 6.07) is 0. The summed E-state index contributed by atoms with van der Waals surface area (Å²) in [5, 5.41) is 10.6. The Bertz CT molecular complexity index is 1930. The van der Waals surface area contributed by atoms with Crippen molar-refractivity contribution in [3.63, 3.8) is 0 Å². The normalized spacial score (nSPS) is 14.8. The molecule has 0 heterocycles. The molecule has 0 fully saturated rings. The molecular formula is C75H142O17P2. The molecule has 7 atom stereocenters. The zero-order valence-corrected chi connectivity index (χ0v) is 62.7. The zero-order chi connectivity index (χ0) is 69.4. The minimum absolute atomic E-state index is 0.0836. The maximum atomic E-state index is 13.1. The van der Waals surface area contributed by atoms with Gasteiger partial charge in [-0.3, -0.25) is 37.3 Å². The van der Waals surface area contributed by atoms with Crippen LogP contribution in [0.25, 0.3) is 0 Å². The summed E-state index contributed by atoms with van der Waals surface area (Å²) in [5.41, 5.74) is 0. The van der Waals surface area contributed by atoms with E-state index in [2.05, 4.69) is 72.8 Å². The number of aliphatic hydroxyl groups is 1. The van der Waals surface area contributed by atoms with E-state index < -0.39 is 97.5 Å². The van der Waals surface area contributed by atoms with Gasteiger partial charge in [-0.2, -0.15) is 0 Å². The van der Waals surface area contributed by atoms with Gasteiger partial charge >= 0.3 is 39.5 Å². The zero-order valence-electron chi connectivity index (χ0n) is 60.9. The standard InChI is InChI=1S/C75H142O17P2/c1-8-11-12-13-14-15-16-17-18-22-25-28-35-44-51-59-75(80)92-71(63-86-73(78)57-50-43-38-37-39-46-53-66(4)5)65-90-94(83,84)88-61-69(76)60-87-93(81,82)89-64-70(62-85-72(77)56-49-42-34-31-30-33-41-48-55-68(7)10-3)91-74(79)58-52-45-36-29-26-23-20-19-21-24-27-32-40-47-54-67(6)9-2/h15-18,66-71,76H,8-14,19-65H2,1-7H3,(H,81,82)(H,83,84)/b16-15-,18-17-/t67?,68?,69-,70-,71-/m1/s1. The summed E-state index contributed by atoms with van der Waals surface area (Å²) in [6.45, 7) is 11.8. The van der Waals surface area contributed by atoms with Crippen molar-refractivity contribution in [2.45, 2.75) is 375 Å². The van der Waals surface area contributed by atoms with Gasteiger partial charge in [-0.1, -0.05) is 304 Å². The molecule has 554 valence electrons. The molecule has 0 radical (unpaired) electrons. The first-order valence-electron chi connectivity index (χ1n) is 38.2. The van der Waals surface area contributed by atoms with E-state index in [9.17, 15) is 43.2 Å². The van der Waals surface area contributed by atoms with Gasteiger partial charge in [0.1, 0.15) is 19.3 Å². The number of phosphoric acid groups is 2. The van der Waals surface area contributed by atoms with E-state index in [-0.39, 0.29) is 25.7 Å². The number of unbranched alkanes of at least 4 members (excludes halogenated alkanes) is 34. The van der Waals surface area contributed by atoms with Crippen molar-refractivity contribution in [1.29, 1.82) is 0 Å². The van der Waals surface area contributed by atoms with Gasteiger partial charge in [-0.15, -0.1) is 0 Å². The van der Waals surface area contributed by atoms with Crippen LogP contribution in [-0.2, 0) is 65.4 Å². The van der Waals surface area contributed by atoms with Crippen molar-refractivity contribution < 1.29 is 80.2 Å². The van der Waals surface area contributed by atoms with E-state index >= 15 is 0 Å². The molecule has 19 heteroatoms. The Morgan fingerprint density at radius 2 is 0.628 bits per heavy atom. The van der Waals surface area contributed by atoms with Crippen LogP contribution in [0.15, 0.2) is 24.3 Å². The first-order valence-corrected chi connectivity index (χ1v) is 41.2. The van der Waals surface area contributed by atoms with E-state index in [0.29, 0.717) is 31.6 Å². The molecule has 0 aromatic heterocycles. The van der Waals surface area contributed by atoms with Crippen LogP contribution in [0.4, 0.5) is 0 Å². The van der Waals surface area contributed by atoms with E-state index in [1.807, 2.05) is 0 Å². The number of carbonyl (C=O) groups excluding carboxylic acids is 4. The lowest BCUT2D eigenvalue weighted by Crippen LogP contribution is -2.30. The number of ether oxygens (including phenoxy) is 4. The molecule has 0 rings (SSSR count). The summed E-state index contributed by atoms with van der Waals surface area (Å²) in [5.74, 6) is 0.144. The van der Waals surface area contributed by atoms with Crippen LogP contribution in [-0.4, -0.2) is 96.7 Å². The van der Waals surface area contributed by atoms with Gasteiger partial charge in [0.05, 0.1) is 26.4 Å². The van der Waals surface area contributed by atoms with Crippen molar-refractivity contribution in [3.05, 3.63) is 24.3 Å². The Balaban J connectivity index is 5.27. The van der Waals surface area contributed by atoms with E-state index in [4.69, 9.17) is 37.0 Å². The van der Waals surface area contributed by atoms with Gasteiger partial charge in [-0.25, -0.2) is 9.13 Å². The number of phosphoric ester groups is 2. The van der Waals surface area contributed by atoms with Gasteiger partial charge in [0.15, 0.2) is 12.2 Å². The highest BCUT2D eigenvalue weighted by Crippen LogP contribution is 2.45. The molecule has 3 N–H and O–H groups in total. The average molecular weight is 1380 g/mol. The molecular weight excluding hydrogens is 1230 g/mol. The van der Waals surface area contributed by atoms with Crippen LogP contribution in [0.5, 0.6) is 0 Å². The molecule has 94 heavy (non-hydrogen) atoms. The number of rotatable bonds is 71. The van der Waals surface area contributed by atoms with E-state index in [1.54, 1.807) is 0 Å². The lowest BCUT2D eigenvalue weighted by molar-refractivity contribution is -0.161. The maximum Gasteiger partial charge on any atom is 0.472 e. The smallest absolute Gasteiger partial charge is 0.462 e. The Hall–Kier alpha value is -2.46. The fraction of sp³-hybridized carbons (Fsp3) is 0.893. The van der Waals surface area contributed by atoms with Crippen molar-refractivity contribution in [3.8, 4) is 0 Å². The van der Waals surface area contributed by atoms with Gasteiger partial charge in [0.25, 0.3) is 0 Å². The van der Waals surface area contributed by atoms with Crippen LogP contribution >= 0.6 is 15.6 Å². The van der Waals surface area contributed by atoms with E-state index in [0.717, 1.165) is 121 Å². The molecule has 0 aliphatic carbocycles. The summed E-state index contributed by atoms with van der Waals surface area (Å²) >= 11 is 0. The van der Waals surface area contributed by atoms with Crippen LogP contribution in [0.3, 0.4) is 0 Å². The average Bonchev–Trinajstić information content (AvgIpc) is 2.71. The SMILES string of the molecule is CCCCCC/C=C\C=C/CCCCCCCC(=O)O[C@H](COC(=O)CCCCCCCCC(C)C)COP(=O)(O)OC[C@H](O)COP(=O)(O)OC[C@@H](COC(=O)CCCCCCCCCCC(C)CC)OC(=O)CCCCCCCCCCCCCCCCC(C)CC. The Labute approximate surface area is 573 Å². The number of esters is 4. The molecule has 0 amide bonds. The van der Waals surface area contributed by atoms with Gasteiger partial charge in [-0.05, 0) is 69.1 Å². The maximum absolute atomic E-state index is 13.1. The van der Waals surface area contributed by atoms with Crippen molar-refractivity contribution in [2.75, 3.05) is 39.6 Å². The van der Waals surface area contributed by atoms with Crippen molar-refractivity contribution >= 4 is 39.5 Å². The van der Waals surface area contributed by atoms with Crippen LogP contribution in [0, 0.1) is 17.8 Å². The van der Waals surface area contributed by atoms with E-state index in [1.165, 1.54) is 148 Å². The number of hydrogen-bond acceptors (Lipinski definition) is 15. The molecule has 0 saturated carbocycles. The first-order chi connectivity index (χ1) is 45.3. The molecule has 0 aromatic rings. The number of allylic oxidation sites excluding steroid dienone is 4. The summed E-state index contributed by atoms with van der Waals surface area (Å²) < 4.78 is 68.4.